The predicted octanol–water partition coefficient (Wildman–Crippen LogP) is 5.17. The number of anilines is 1. The molecule has 35 heavy (non-hydrogen) atoms. The van der Waals surface area contributed by atoms with E-state index in [-0.39, 0.29) is 34.8 Å². The molecule has 2 amide bonds. The molecule has 2 saturated heterocycles. The zero-order valence-corrected chi connectivity index (χ0v) is 22.6. The van der Waals surface area contributed by atoms with Crippen LogP contribution in [0.1, 0.15) is 58.5 Å². The number of rotatable bonds is 5. The van der Waals surface area contributed by atoms with E-state index in [9.17, 15) is 19.7 Å². The van der Waals surface area contributed by atoms with Crippen LogP contribution in [0.3, 0.4) is 0 Å². The summed E-state index contributed by atoms with van der Waals surface area (Å²) in [4.78, 5) is 45.7. The molecule has 1 aromatic heterocycles. The van der Waals surface area contributed by atoms with Crippen molar-refractivity contribution >= 4 is 55.0 Å². The Hall–Kier alpha value is -2.53. The van der Waals surface area contributed by atoms with Gasteiger partial charge in [-0.05, 0) is 67.1 Å². The van der Waals surface area contributed by atoms with Gasteiger partial charge in [0.25, 0.3) is 17.5 Å². The Morgan fingerprint density at radius 3 is 2.46 bits per heavy atom. The van der Waals surface area contributed by atoms with Crippen LogP contribution >= 0.6 is 31.9 Å². The smallest absolute Gasteiger partial charge is 0.294 e. The van der Waals surface area contributed by atoms with Gasteiger partial charge in [0, 0.05) is 53.4 Å². The molecule has 11 heteroatoms. The Morgan fingerprint density at radius 1 is 1.06 bits per heavy atom. The molecule has 1 N–H and O–H groups in total. The standard InChI is InChI=1S/C24H27Br2N5O4/c1-15-20(26)10-16(13-27-15)23(32)30-9-5-6-18(14-30)28-22-19(11-17(25)12-21(22)31(34)35)24(33)29-7-3-2-4-8-29/h10-13,18,28H,2-9,14H2,1H3/t18-/m1/s1. The molecule has 1 atom stereocenters. The van der Waals surface area contributed by atoms with Crippen molar-refractivity contribution in [1.82, 2.24) is 14.8 Å². The van der Waals surface area contributed by atoms with Crippen LogP contribution in [0.15, 0.2) is 33.3 Å². The van der Waals surface area contributed by atoms with E-state index >= 15 is 0 Å². The maximum absolute atomic E-state index is 13.4. The number of carbonyl (C=O) groups is 2. The molecule has 1 aromatic carbocycles. The zero-order chi connectivity index (χ0) is 25.1. The first kappa shape index (κ1) is 25.6. The van der Waals surface area contributed by atoms with Crippen LogP contribution in [-0.2, 0) is 0 Å². The van der Waals surface area contributed by atoms with Gasteiger partial charge in [0.15, 0.2) is 0 Å². The first-order chi connectivity index (χ1) is 16.7. The fourth-order valence-electron chi connectivity index (χ4n) is 4.61. The van der Waals surface area contributed by atoms with Crippen molar-refractivity contribution in [2.24, 2.45) is 0 Å². The molecule has 0 radical (unpaired) electrons. The SMILES string of the molecule is Cc1ncc(C(=O)N2CCC[C@@H](Nc3c(C(=O)N4CCCCC4)cc(Br)cc3[N+](=O)[O-])C2)cc1Br. The number of likely N-dealkylation sites (tertiary alicyclic amines) is 2. The summed E-state index contributed by atoms with van der Waals surface area (Å²) in [7, 11) is 0. The van der Waals surface area contributed by atoms with E-state index in [1.54, 1.807) is 28.1 Å². The number of amides is 2. The van der Waals surface area contributed by atoms with Gasteiger partial charge >= 0.3 is 0 Å². The number of nitrogens with one attached hydrogen (secondary N) is 1. The second-order valence-electron chi connectivity index (χ2n) is 8.98. The monoisotopic (exact) mass is 607 g/mol. The summed E-state index contributed by atoms with van der Waals surface area (Å²) in [5.74, 6) is -0.351. The Labute approximate surface area is 220 Å². The van der Waals surface area contributed by atoms with E-state index in [0.29, 0.717) is 36.2 Å². The number of hydrogen-bond acceptors (Lipinski definition) is 6. The van der Waals surface area contributed by atoms with Gasteiger partial charge in [-0.25, -0.2) is 0 Å². The molecule has 0 spiro atoms. The van der Waals surface area contributed by atoms with Crippen LogP contribution in [0.5, 0.6) is 0 Å². The lowest BCUT2D eigenvalue weighted by molar-refractivity contribution is -0.384. The molecule has 2 aliphatic rings. The zero-order valence-electron chi connectivity index (χ0n) is 19.4. The topological polar surface area (TPSA) is 109 Å². The van der Waals surface area contributed by atoms with Crippen molar-refractivity contribution in [1.29, 1.82) is 0 Å². The molecular formula is C24H27Br2N5O4. The van der Waals surface area contributed by atoms with Crippen LogP contribution in [0.2, 0.25) is 0 Å². The van der Waals surface area contributed by atoms with E-state index in [4.69, 9.17) is 0 Å². The third-order valence-electron chi connectivity index (χ3n) is 6.48. The number of benzene rings is 1. The lowest BCUT2D eigenvalue weighted by atomic mass is 10.0. The van der Waals surface area contributed by atoms with Crippen molar-refractivity contribution in [3.05, 3.63) is 60.3 Å². The van der Waals surface area contributed by atoms with Crippen molar-refractivity contribution in [3.8, 4) is 0 Å². The molecule has 9 nitrogen and oxygen atoms in total. The Morgan fingerprint density at radius 2 is 1.77 bits per heavy atom. The molecule has 2 aromatic rings. The molecule has 2 fully saturated rings. The summed E-state index contributed by atoms with van der Waals surface area (Å²) in [6, 6.07) is 4.59. The van der Waals surface area contributed by atoms with Crippen molar-refractivity contribution in [2.45, 2.75) is 45.1 Å². The molecule has 0 bridgehead atoms. The average molecular weight is 609 g/mol. The van der Waals surface area contributed by atoms with Gasteiger partial charge < -0.3 is 15.1 Å². The minimum atomic E-state index is -0.471. The third-order valence-corrected chi connectivity index (χ3v) is 7.74. The first-order valence-electron chi connectivity index (χ1n) is 11.7. The summed E-state index contributed by atoms with van der Waals surface area (Å²) in [6.45, 7) is 4.10. The van der Waals surface area contributed by atoms with Gasteiger partial charge in [-0.15, -0.1) is 0 Å². The Balaban J connectivity index is 1.59. The van der Waals surface area contributed by atoms with E-state index in [2.05, 4.69) is 42.2 Å². The number of pyridine rings is 1. The predicted molar refractivity (Wildman–Crippen MR) is 140 cm³/mol. The van der Waals surface area contributed by atoms with Crippen LogP contribution in [-0.4, -0.2) is 63.7 Å². The second kappa shape index (κ2) is 11.0. The molecule has 2 aliphatic heterocycles. The van der Waals surface area contributed by atoms with Gasteiger partial charge in [-0.3, -0.25) is 24.7 Å². The average Bonchev–Trinajstić information content (AvgIpc) is 2.86. The van der Waals surface area contributed by atoms with E-state index in [1.165, 1.54) is 6.07 Å². The van der Waals surface area contributed by atoms with Crippen LogP contribution < -0.4 is 5.32 Å². The summed E-state index contributed by atoms with van der Waals surface area (Å²) >= 11 is 6.76. The number of hydrogen-bond donors (Lipinski definition) is 1. The number of nitro groups is 1. The minimum Gasteiger partial charge on any atom is -0.374 e. The quantitative estimate of drug-likeness (QED) is 0.371. The fraction of sp³-hybridized carbons (Fsp3) is 0.458. The normalized spacial score (nSPS) is 18.3. The van der Waals surface area contributed by atoms with Crippen molar-refractivity contribution < 1.29 is 14.5 Å². The van der Waals surface area contributed by atoms with E-state index < -0.39 is 4.92 Å². The summed E-state index contributed by atoms with van der Waals surface area (Å²) in [5.41, 5.74) is 1.62. The number of nitrogens with zero attached hydrogens (tertiary/aromatic N) is 4. The van der Waals surface area contributed by atoms with E-state index in [1.807, 2.05) is 6.92 Å². The molecule has 0 saturated carbocycles. The number of piperidine rings is 2. The lowest BCUT2D eigenvalue weighted by Crippen LogP contribution is -2.45. The van der Waals surface area contributed by atoms with Gasteiger partial charge in [0.2, 0.25) is 0 Å². The summed E-state index contributed by atoms with van der Waals surface area (Å²) in [5, 5.41) is 15.2. The van der Waals surface area contributed by atoms with Gasteiger partial charge in [-0.2, -0.15) is 0 Å². The maximum atomic E-state index is 13.4. The van der Waals surface area contributed by atoms with Gasteiger partial charge in [0.05, 0.1) is 21.7 Å². The molecule has 0 aliphatic carbocycles. The van der Waals surface area contributed by atoms with Gasteiger partial charge in [0.1, 0.15) is 5.69 Å². The maximum Gasteiger partial charge on any atom is 0.294 e. The van der Waals surface area contributed by atoms with Crippen LogP contribution in [0.4, 0.5) is 11.4 Å². The van der Waals surface area contributed by atoms with E-state index in [0.717, 1.165) is 42.3 Å². The van der Waals surface area contributed by atoms with Crippen LogP contribution in [0.25, 0.3) is 0 Å². The number of halogens is 2. The molecule has 4 rings (SSSR count). The molecule has 3 heterocycles. The minimum absolute atomic E-state index is 0.139. The summed E-state index contributed by atoms with van der Waals surface area (Å²) in [6.07, 6.45) is 5.96. The molecule has 186 valence electrons. The number of carbonyl (C=O) groups excluding carboxylic acids is 2. The molecular weight excluding hydrogens is 582 g/mol. The van der Waals surface area contributed by atoms with Crippen LogP contribution in [0, 0.1) is 17.0 Å². The van der Waals surface area contributed by atoms with Gasteiger partial charge in [-0.1, -0.05) is 15.9 Å². The highest BCUT2D eigenvalue weighted by Gasteiger charge is 2.31. The first-order valence-corrected chi connectivity index (χ1v) is 13.3. The highest BCUT2D eigenvalue weighted by molar-refractivity contribution is 9.10. The Kier molecular flexibility index (Phi) is 8.05. The number of nitro benzene ring substituents is 1. The largest absolute Gasteiger partial charge is 0.374 e. The third kappa shape index (κ3) is 5.83. The summed E-state index contributed by atoms with van der Waals surface area (Å²) < 4.78 is 1.24. The fourth-order valence-corrected chi connectivity index (χ4v) is 5.41. The Bertz CT molecular complexity index is 1150. The lowest BCUT2D eigenvalue weighted by Gasteiger charge is -2.34. The highest BCUT2D eigenvalue weighted by atomic mass is 79.9. The highest BCUT2D eigenvalue weighted by Crippen LogP contribution is 2.35. The number of aromatic nitrogens is 1. The second-order valence-corrected chi connectivity index (χ2v) is 10.8. The number of aryl methyl sites for hydroxylation is 1. The van der Waals surface area contributed by atoms with Crippen molar-refractivity contribution in [3.63, 3.8) is 0 Å². The molecule has 0 unspecified atom stereocenters. The van der Waals surface area contributed by atoms with Crippen molar-refractivity contribution in [2.75, 3.05) is 31.5 Å².